The van der Waals surface area contributed by atoms with Crippen LogP contribution >= 0.6 is 23.2 Å². The number of phosphoric ester groups is 1. The second-order valence-electron chi connectivity index (χ2n) is 20.2. The van der Waals surface area contributed by atoms with Gasteiger partial charge in [0.25, 0.3) is 17.4 Å². The number of fused-ring (bicyclic) bond motifs is 2. The van der Waals surface area contributed by atoms with Gasteiger partial charge >= 0.3 is 34.9 Å². The first kappa shape index (κ1) is 72.4. The zero-order valence-corrected chi connectivity index (χ0v) is 53.5. The maximum Gasteiger partial charge on any atom is 0.488 e. The quantitative estimate of drug-likeness (QED) is 0.00438. The van der Waals surface area contributed by atoms with Crippen molar-refractivity contribution >= 4 is 63.6 Å². The number of aromatic nitrogens is 2. The van der Waals surface area contributed by atoms with Crippen molar-refractivity contribution in [3.63, 3.8) is 0 Å². The molecule has 4 unspecified atom stereocenters. The third kappa shape index (κ3) is 20.5. The lowest BCUT2D eigenvalue weighted by atomic mass is 9.88. The number of azide groups is 2. The van der Waals surface area contributed by atoms with E-state index in [0.717, 1.165) is 32.9 Å². The molecule has 7 rings (SSSR count). The Morgan fingerprint density at radius 2 is 1.64 bits per heavy atom. The molecule has 9 N–H and O–H groups in total. The first-order valence-corrected chi connectivity index (χ1v) is 33.3. The number of carbonyl (C=O) groups is 4. The molecule has 0 spiro atoms. The van der Waals surface area contributed by atoms with Crippen LogP contribution in [0.4, 0.5) is 5.69 Å². The Morgan fingerprint density at radius 3 is 2.33 bits per heavy atom. The van der Waals surface area contributed by atoms with Crippen LogP contribution < -0.4 is 42.6 Å². The van der Waals surface area contributed by atoms with Crippen molar-refractivity contribution in [2.24, 2.45) is 15.2 Å². The average Bonchev–Trinajstić information content (AvgIpc) is 0.859. The zero-order valence-electron chi connectivity index (χ0n) is 50.8. The number of nitrogens with one attached hydrogen (secondary N) is 5. The molecule has 4 aromatic rings. The number of aromatic carboxylic acids is 1. The average molecular weight is 1360 g/mol. The first-order valence-electron chi connectivity index (χ1n) is 28.3. The van der Waals surface area contributed by atoms with Crippen LogP contribution in [0, 0.1) is 25.7 Å². The molecule has 35 nitrogen and oxygen atoms in total. The van der Waals surface area contributed by atoms with E-state index in [1.807, 2.05) is 56.9 Å². The van der Waals surface area contributed by atoms with Gasteiger partial charge in [-0.2, -0.15) is 4.31 Å². The van der Waals surface area contributed by atoms with Gasteiger partial charge in [0.15, 0.2) is 6.23 Å². The zero-order chi connectivity index (χ0) is 68.3. The molecule has 0 bridgehead atoms. The highest BCUT2D eigenvalue weighted by Gasteiger charge is 2.43. The fourth-order valence-electron chi connectivity index (χ4n) is 9.31. The molecule has 0 saturated carbocycles. The van der Waals surface area contributed by atoms with E-state index in [4.69, 9.17) is 43.7 Å². The Morgan fingerprint density at radius 1 is 0.894 bits per heavy atom. The van der Waals surface area contributed by atoms with Crippen LogP contribution in [0.25, 0.3) is 54.3 Å². The number of H-pyrrole nitrogens is 1. The number of ether oxygens (including phenoxy) is 5. The van der Waals surface area contributed by atoms with E-state index in [1.165, 1.54) is 30.3 Å². The molecule has 2 aliphatic heterocycles. The number of carboxylic acids is 1. The van der Waals surface area contributed by atoms with Crippen molar-refractivity contribution in [3.8, 4) is 40.0 Å². The van der Waals surface area contributed by atoms with Gasteiger partial charge in [-0.15, -0.1) is 0 Å². The largest absolute Gasteiger partial charge is 0.491 e. The maximum absolute atomic E-state index is 13.7. The van der Waals surface area contributed by atoms with Crippen LogP contribution in [-0.2, 0) is 50.6 Å². The Bertz CT molecular complexity index is 4300. The van der Waals surface area contributed by atoms with Gasteiger partial charge in [0.1, 0.15) is 54.9 Å². The van der Waals surface area contributed by atoms with Gasteiger partial charge in [0.2, 0.25) is 5.91 Å². The van der Waals surface area contributed by atoms with Gasteiger partial charge in [-0.05, 0) is 104 Å². The van der Waals surface area contributed by atoms with E-state index in [-0.39, 0.29) is 73.9 Å². The van der Waals surface area contributed by atoms with Crippen molar-refractivity contribution in [3.05, 3.63) is 153 Å². The summed E-state index contributed by atoms with van der Waals surface area (Å²) < 4.78 is 83.6. The van der Waals surface area contributed by atoms with Crippen LogP contribution in [-0.4, -0.2) is 151 Å². The molecule has 38 heteroatoms. The minimum atomic E-state index is -5.62. The number of nitrogens with zero attached hydrogens (tertiary/aromatic N) is 8. The molecule has 0 radical (unpaired) electrons. The van der Waals surface area contributed by atoms with E-state index in [0.29, 0.717) is 53.2 Å². The molecule has 1 saturated heterocycles. The van der Waals surface area contributed by atoms with Gasteiger partial charge in [0.05, 0.1) is 43.4 Å². The summed E-state index contributed by atoms with van der Waals surface area (Å²) >= 11 is 0. The predicted octanol–water partition coefficient (Wildman–Crippen LogP) is 6.10. The van der Waals surface area contributed by atoms with Crippen LogP contribution in [0.3, 0.4) is 0 Å². The van der Waals surface area contributed by atoms with E-state index in [9.17, 15) is 62.2 Å². The highest BCUT2D eigenvalue weighted by atomic mass is 31.3. The molecular formula is C56H64N13O22P3. The molecule has 1 aromatic heterocycles. The summed E-state index contributed by atoms with van der Waals surface area (Å²) in [5.41, 5.74) is 20.5. The van der Waals surface area contributed by atoms with Crippen molar-refractivity contribution in [1.29, 1.82) is 0 Å². The smallest absolute Gasteiger partial charge is 0.488 e. The molecule has 1 fully saturated rings. The summed E-state index contributed by atoms with van der Waals surface area (Å²) in [5, 5.41) is 29.9. The number of aromatic amines is 1. The highest BCUT2D eigenvalue weighted by Crippen LogP contribution is 2.66. The lowest BCUT2D eigenvalue weighted by Crippen LogP contribution is -2.34. The summed E-state index contributed by atoms with van der Waals surface area (Å²) in [7, 11) is -15.8. The molecule has 94 heavy (non-hydrogen) atoms. The van der Waals surface area contributed by atoms with Crippen LogP contribution in [0.1, 0.15) is 74.3 Å². The van der Waals surface area contributed by atoms with E-state index in [2.05, 4.69) is 66.8 Å². The number of hydrogen-bond acceptors (Lipinski definition) is 22. The molecule has 3 heterocycles. The fourth-order valence-corrected chi connectivity index (χ4v) is 12.8. The molecule has 3 aromatic carbocycles. The van der Waals surface area contributed by atoms with Crippen molar-refractivity contribution < 1.29 is 93.9 Å². The number of rotatable bonds is 32. The van der Waals surface area contributed by atoms with E-state index in [1.54, 1.807) is 12.1 Å². The van der Waals surface area contributed by atoms with E-state index < -0.39 is 103 Å². The second-order valence-corrected chi connectivity index (χ2v) is 25.2. The van der Waals surface area contributed by atoms with Gasteiger partial charge in [0, 0.05) is 101 Å². The fraction of sp³-hybridized carbons (Fsp3) is 0.375. The van der Waals surface area contributed by atoms with Gasteiger partial charge < -0.3 is 69.2 Å². The van der Waals surface area contributed by atoms with Crippen molar-refractivity contribution in [2.75, 3.05) is 84.5 Å². The molecule has 3 amide bonds. The Kier molecular flexibility index (Phi) is 25.6. The standard InChI is InChI=1S/C56H64N13O22P3/c1-6-59-42-24-44-40(20-32(42)3)51(41-21-33(4)43(60-7-2)25-45(41)88-44)39-23-35(13-14-38(39)55(74)75)53(72)63-17-16-62-52(71)34-10-8-12-37(22-34)85-30-49(66-68-58)84-19-18-83-29-48(70)61-15-9-11-36-27-69(56(76)65-54(36)73)50-26-46(86-31-64-67-57)47(89-50)28-87-93(79,80)91-94(81,82)90-92(5,77)78/h8,10,12-14,20-25,27,46-47,49-50,59H,6-7,15-19,26,28-31H2,1-5H3,(H,61,70)(H,62,71)(H,63,72)(H,74,75)(H,77,78)(H,79,80)(H,81,82)(H,65,73,76)/b60-43-/t46-,47-,49?,50-/m1/s1. The Hall–Kier alpha value is -9.02. The summed E-state index contributed by atoms with van der Waals surface area (Å²) in [4.78, 5) is 119. The SMILES string of the molecule is CC/N=c1/cc2oc3cc(NCC)c(C)cc3c(-c3cc(C(=O)NCCNC(=O)c4cccc(OCC(N=[N+]=[N-])OCCOCC(=O)NCC#Cc5cn([C@H]6C[C@@H](OCN=[N+]=[N-])[C@@H](COP(=O)(O)OP(=O)(O)OP(C)(=O)O)O6)c(=O)[nH]c5=O)c4)ccc3C(=O)O)c-2cc1C. The van der Waals surface area contributed by atoms with Gasteiger partial charge in [-0.3, -0.25) is 42.8 Å². The molecule has 7 atom stereocenters. The molecule has 3 aliphatic rings. The van der Waals surface area contributed by atoms with Gasteiger partial charge in [-0.25, -0.2) is 23.0 Å². The minimum absolute atomic E-state index is 0.000312. The predicted molar refractivity (Wildman–Crippen MR) is 333 cm³/mol. The third-order valence-electron chi connectivity index (χ3n) is 13.3. The van der Waals surface area contributed by atoms with Crippen LogP contribution in [0.5, 0.6) is 5.75 Å². The third-order valence-corrected chi connectivity index (χ3v) is 17.5. The van der Waals surface area contributed by atoms with Crippen molar-refractivity contribution in [1.82, 2.24) is 25.5 Å². The normalized spacial score (nSPS) is 16.8. The lowest BCUT2D eigenvalue weighted by Gasteiger charge is -2.21. The molecule has 1 aliphatic carbocycles. The van der Waals surface area contributed by atoms with Crippen LogP contribution in [0.15, 0.2) is 102 Å². The number of benzene rings is 4. The summed E-state index contributed by atoms with van der Waals surface area (Å²) in [5.74, 6) is 2.85. The van der Waals surface area contributed by atoms with Crippen LogP contribution in [0.2, 0.25) is 0 Å². The number of phosphoric acid groups is 2. The molecule has 500 valence electrons. The maximum atomic E-state index is 13.7. The molecular weight excluding hydrogens is 1300 g/mol. The number of amides is 3. The van der Waals surface area contributed by atoms with Gasteiger partial charge in [-0.1, -0.05) is 28.1 Å². The number of hydrogen-bond donors (Lipinski definition) is 9. The second kappa shape index (κ2) is 33.2. The summed E-state index contributed by atoms with van der Waals surface area (Å²) in [6.07, 6.45) is -4.26. The van der Waals surface area contributed by atoms with E-state index >= 15 is 0 Å². The highest BCUT2D eigenvalue weighted by molar-refractivity contribution is 7.68. The summed E-state index contributed by atoms with van der Waals surface area (Å²) in [6, 6.07) is 17.9. The lowest BCUT2D eigenvalue weighted by molar-refractivity contribution is -0.126. The number of carboxylic acid groups (broad SMARTS) is 1. The Labute approximate surface area is 533 Å². The number of carbonyl (C=O) groups excluding carboxylic acids is 3. The monoisotopic (exact) mass is 1360 g/mol. The Balaban J connectivity index is 0.861. The van der Waals surface area contributed by atoms with Crippen molar-refractivity contribution in [2.45, 2.75) is 58.8 Å². The first-order chi connectivity index (χ1) is 44.7. The summed E-state index contributed by atoms with van der Waals surface area (Å²) in [6.45, 7) is 6.45. The topological polar surface area (TPSA) is 500 Å². The number of anilines is 1. The minimum Gasteiger partial charge on any atom is -0.491 e. The number of aryl methyl sites for hydroxylation is 2.